The number of hydrogen-bond acceptors (Lipinski definition) is 1. The largest absolute Gasteiger partial charge is 0.614 e. The van der Waals surface area contributed by atoms with Crippen LogP contribution in [0.2, 0.25) is 0 Å². The van der Waals surface area contributed by atoms with E-state index in [9.17, 15) is 9.66 Å². The summed E-state index contributed by atoms with van der Waals surface area (Å²) < 4.78 is 9.94. The van der Waals surface area contributed by atoms with Gasteiger partial charge in [-0.3, -0.25) is 0 Å². The fourth-order valence-corrected chi connectivity index (χ4v) is 0. The molecule has 0 aliphatic heterocycles. The van der Waals surface area contributed by atoms with E-state index >= 15 is 0 Å². The Morgan fingerprint density at radius 1 is 1.83 bits per heavy atom. The third kappa shape index (κ3) is 2.50. The second-order valence-corrected chi connectivity index (χ2v) is 2.73. The van der Waals surface area contributed by atoms with Crippen LogP contribution in [0.3, 0.4) is 0 Å². The van der Waals surface area contributed by atoms with Crippen LogP contribution in [0, 0.1) is 0 Å². The number of rotatable bonds is 1. The zero-order chi connectivity index (χ0) is 5.15. The van der Waals surface area contributed by atoms with Crippen LogP contribution in [0.1, 0.15) is 6.92 Å². The third-order valence-electron chi connectivity index (χ3n) is 0.467. The molecule has 0 saturated heterocycles. The maximum Gasteiger partial charge on any atom is 0.242 e. The minimum Gasteiger partial charge on any atom is -0.614 e. The minimum atomic E-state index is -1.17. The Morgan fingerprint density at radius 3 is 2.00 bits per heavy atom. The van der Waals surface area contributed by atoms with Gasteiger partial charge in [-0.1, -0.05) is 0 Å². The van der Waals surface area contributed by atoms with Gasteiger partial charge in [0.1, 0.15) is 0 Å². The van der Waals surface area contributed by atoms with E-state index in [0.717, 1.165) is 0 Å². The van der Waals surface area contributed by atoms with Crippen LogP contribution in [0.25, 0.3) is 0 Å². The summed E-state index contributed by atoms with van der Waals surface area (Å²) in [6.45, 7) is 1.39. The summed E-state index contributed by atoms with van der Waals surface area (Å²) in [7, 11) is 0. The van der Waals surface area contributed by atoms with Gasteiger partial charge in [-0.15, -0.1) is 0 Å². The molecule has 0 fully saturated rings. The zero-order valence-electron chi connectivity index (χ0n) is 3.80. The molecule has 0 N–H and O–H groups in total. The van der Waals surface area contributed by atoms with Crippen molar-refractivity contribution < 1.29 is 9.66 Å². The monoisotopic (exact) mass is 107 g/mol. The minimum absolute atomic E-state index is 0.926. The van der Waals surface area contributed by atoms with Crippen LogP contribution in [0.5, 0.6) is 0 Å². The first-order chi connectivity index (χ1) is 2.64. The molecule has 0 heterocycles. The Balaban J connectivity index is 2.99. The van der Waals surface area contributed by atoms with Gasteiger partial charge < -0.3 is 4.55 Å². The molecule has 2 nitrogen and oxygen atoms in total. The van der Waals surface area contributed by atoms with Crippen LogP contribution in [0.4, 0.5) is 0 Å². The molecule has 0 saturated carbocycles. The van der Waals surface area contributed by atoms with Crippen molar-refractivity contribution in [2.45, 2.75) is 12.4 Å². The maximum atomic E-state index is 9.94. The molecule has 6 heavy (non-hydrogen) atoms. The molecule has 3 heteroatoms. The average molecular weight is 107 g/mol. The highest BCUT2D eigenvalue weighted by Crippen LogP contribution is 1.90. The molecule has 2 unspecified atom stereocenters. The highest BCUT2D eigenvalue weighted by molar-refractivity contribution is 7.91. The van der Waals surface area contributed by atoms with Gasteiger partial charge in [-0.25, -0.2) is 0 Å². The standard InChI is InChI=1S/C3H7O2S/c1-3(4)6(2)5/h3H,1-2H3. The van der Waals surface area contributed by atoms with E-state index in [1.807, 2.05) is 0 Å². The van der Waals surface area contributed by atoms with Crippen LogP contribution in [-0.2, 0) is 16.3 Å². The molecule has 0 aromatic carbocycles. The molecule has 1 radical (unpaired) electrons. The van der Waals surface area contributed by atoms with Crippen molar-refractivity contribution in [2.75, 3.05) is 6.26 Å². The smallest absolute Gasteiger partial charge is 0.242 e. The fraction of sp³-hybridized carbons (Fsp3) is 1.00. The molecule has 37 valence electrons. The van der Waals surface area contributed by atoms with Crippen LogP contribution >= 0.6 is 0 Å². The Hall–Kier alpha value is 0.270. The second kappa shape index (κ2) is 2.44. The first-order valence-corrected chi connectivity index (χ1v) is 3.24. The first kappa shape index (κ1) is 6.27. The van der Waals surface area contributed by atoms with Crippen molar-refractivity contribution in [3.8, 4) is 0 Å². The van der Waals surface area contributed by atoms with E-state index in [1.165, 1.54) is 13.2 Å². The molecule has 0 rings (SSSR count). The summed E-state index contributed by atoms with van der Waals surface area (Å²) in [4.78, 5) is 0. The average Bonchev–Trinajstić information content (AvgIpc) is 1.36. The summed E-state index contributed by atoms with van der Waals surface area (Å²) in [6, 6.07) is 0. The molecule has 0 bridgehead atoms. The van der Waals surface area contributed by atoms with Gasteiger partial charge in [-0.2, -0.15) is 5.11 Å². The van der Waals surface area contributed by atoms with Crippen molar-refractivity contribution in [2.24, 2.45) is 0 Å². The Kier molecular flexibility index (Phi) is 2.55. The van der Waals surface area contributed by atoms with Crippen LogP contribution in [-0.4, -0.2) is 16.2 Å². The lowest BCUT2D eigenvalue weighted by molar-refractivity contribution is 0.171. The van der Waals surface area contributed by atoms with Crippen LogP contribution < -0.4 is 0 Å². The van der Waals surface area contributed by atoms with Gasteiger partial charge >= 0.3 is 0 Å². The predicted molar refractivity (Wildman–Crippen MR) is 24.2 cm³/mol. The van der Waals surface area contributed by atoms with Crippen molar-refractivity contribution in [3.63, 3.8) is 0 Å². The number of hydrogen-bond donors (Lipinski definition) is 0. The summed E-state index contributed by atoms with van der Waals surface area (Å²) >= 11 is -1.17. The van der Waals surface area contributed by atoms with Gasteiger partial charge in [0.15, 0.2) is 0 Å². The zero-order valence-corrected chi connectivity index (χ0v) is 4.62. The van der Waals surface area contributed by atoms with E-state index in [-0.39, 0.29) is 0 Å². The van der Waals surface area contributed by atoms with Crippen molar-refractivity contribution >= 4 is 11.2 Å². The van der Waals surface area contributed by atoms with Gasteiger partial charge in [0.25, 0.3) is 0 Å². The molecular formula is C3H7O2S. The predicted octanol–water partition coefficient (Wildman–Crippen LogP) is 0.141. The second-order valence-electron chi connectivity index (χ2n) is 1.07. The lowest BCUT2D eigenvalue weighted by Crippen LogP contribution is -2.12. The molecule has 0 aromatic rings. The lowest BCUT2D eigenvalue weighted by Gasteiger charge is -2.02. The topological polar surface area (TPSA) is 43.0 Å². The SMILES string of the molecule is CC([O])[S+](C)[O-]. The molecule has 0 spiro atoms. The van der Waals surface area contributed by atoms with Crippen molar-refractivity contribution in [1.29, 1.82) is 0 Å². The van der Waals surface area contributed by atoms with E-state index in [4.69, 9.17) is 0 Å². The Morgan fingerprint density at radius 2 is 2.00 bits per heavy atom. The quantitative estimate of drug-likeness (QED) is 0.439. The summed E-state index contributed by atoms with van der Waals surface area (Å²) in [5.74, 6) is 0. The van der Waals surface area contributed by atoms with E-state index in [2.05, 4.69) is 0 Å². The van der Waals surface area contributed by atoms with Crippen molar-refractivity contribution in [1.82, 2.24) is 0 Å². The van der Waals surface area contributed by atoms with E-state index < -0.39 is 16.6 Å². The molecular weight excluding hydrogens is 100 g/mol. The van der Waals surface area contributed by atoms with Gasteiger partial charge in [0.05, 0.1) is 6.26 Å². The van der Waals surface area contributed by atoms with Crippen molar-refractivity contribution in [3.05, 3.63) is 0 Å². The van der Waals surface area contributed by atoms with Gasteiger partial charge in [0.2, 0.25) is 5.44 Å². The molecule has 0 aliphatic rings. The first-order valence-electron chi connectivity index (χ1n) is 1.62. The normalized spacial score (nSPS) is 20.0. The fourth-order valence-electron chi connectivity index (χ4n) is 0. The lowest BCUT2D eigenvalue weighted by atomic mass is 10.9. The third-order valence-corrected chi connectivity index (χ3v) is 1.40. The van der Waals surface area contributed by atoms with Gasteiger partial charge in [0, 0.05) is 6.92 Å². The maximum absolute atomic E-state index is 9.94. The molecule has 0 aromatic heterocycles. The Bertz CT molecular complexity index is 29.8. The molecule has 0 amide bonds. The van der Waals surface area contributed by atoms with Crippen LogP contribution in [0.15, 0.2) is 0 Å². The Labute approximate surface area is 40.4 Å². The highest BCUT2D eigenvalue weighted by Gasteiger charge is 2.04. The van der Waals surface area contributed by atoms with E-state index in [1.54, 1.807) is 0 Å². The van der Waals surface area contributed by atoms with Gasteiger partial charge in [-0.05, 0) is 11.2 Å². The summed E-state index contributed by atoms with van der Waals surface area (Å²) in [5.41, 5.74) is -0.926. The molecule has 2 atom stereocenters. The molecule has 0 aliphatic carbocycles. The summed E-state index contributed by atoms with van der Waals surface area (Å²) in [6.07, 6.45) is 1.40. The van der Waals surface area contributed by atoms with E-state index in [0.29, 0.717) is 0 Å². The summed E-state index contributed by atoms with van der Waals surface area (Å²) in [5, 5.41) is 9.93. The highest BCUT2D eigenvalue weighted by atomic mass is 32.2.